The standard InChI is InChI=1S/C15H16BBrClFN4O2/c1-8(24)25-7-11-20-14-9(6-10(18)12(17)13(14)19)15(21-11)22-2-4-23(16)5-3-22/h6H,2-5,7,16H2,1H3. The third kappa shape index (κ3) is 3.88. The van der Waals surface area contributed by atoms with Gasteiger partial charge in [-0.25, -0.2) is 14.4 Å². The largest absolute Gasteiger partial charge is 0.458 e. The van der Waals surface area contributed by atoms with Gasteiger partial charge in [0.25, 0.3) is 0 Å². The molecule has 0 atom stereocenters. The topological polar surface area (TPSA) is 58.6 Å². The number of carbonyl (C=O) groups excluding carboxylic acids is 1. The average molecular weight is 429 g/mol. The Morgan fingerprint density at radius 3 is 2.72 bits per heavy atom. The van der Waals surface area contributed by atoms with Crippen LogP contribution in [-0.4, -0.2) is 54.9 Å². The third-order valence-corrected chi connectivity index (χ3v) is 5.36. The normalized spacial score (nSPS) is 15.6. The molecule has 0 bridgehead atoms. The third-order valence-electron chi connectivity index (χ3n) is 4.06. The van der Waals surface area contributed by atoms with E-state index >= 15 is 0 Å². The molecule has 6 nitrogen and oxygen atoms in total. The van der Waals surface area contributed by atoms with Crippen LogP contribution in [0.3, 0.4) is 0 Å². The highest BCUT2D eigenvalue weighted by molar-refractivity contribution is 9.10. The van der Waals surface area contributed by atoms with Crippen LogP contribution in [0.1, 0.15) is 12.7 Å². The van der Waals surface area contributed by atoms with Gasteiger partial charge in [-0.1, -0.05) is 11.6 Å². The Kier molecular flexibility index (Phi) is 5.45. The number of rotatable bonds is 3. The van der Waals surface area contributed by atoms with Crippen LogP contribution in [0.25, 0.3) is 10.9 Å². The summed E-state index contributed by atoms with van der Waals surface area (Å²) < 4.78 is 19.8. The van der Waals surface area contributed by atoms with Crippen molar-refractivity contribution in [1.82, 2.24) is 14.8 Å². The van der Waals surface area contributed by atoms with Crippen molar-refractivity contribution in [2.75, 3.05) is 31.1 Å². The van der Waals surface area contributed by atoms with Crippen molar-refractivity contribution in [1.29, 1.82) is 0 Å². The molecule has 0 saturated carbocycles. The summed E-state index contributed by atoms with van der Waals surface area (Å²) in [5.41, 5.74) is 0.155. The molecule has 3 rings (SSSR count). The van der Waals surface area contributed by atoms with Gasteiger partial charge in [0.1, 0.15) is 11.3 Å². The minimum atomic E-state index is -0.552. The van der Waals surface area contributed by atoms with E-state index in [1.165, 1.54) is 6.92 Å². The van der Waals surface area contributed by atoms with Gasteiger partial charge in [-0.15, -0.1) is 0 Å². The minimum absolute atomic E-state index is 0.105. The number of halogens is 3. The molecular formula is C15H16BBrClFN4O2. The molecule has 0 N–H and O–H groups in total. The van der Waals surface area contributed by atoms with Crippen LogP contribution >= 0.6 is 27.5 Å². The van der Waals surface area contributed by atoms with Crippen molar-refractivity contribution >= 4 is 58.2 Å². The molecule has 1 aliphatic heterocycles. The molecule has 0 radical (unpaired) electrons. The molecule has 0 unspecified atom stereocenters. The van der Waals surface area contributed by atoms with E-state index in [9.17, 15) is 9.18 Å². The lowest BCUT2D eigenvalue weighted by Crippen LogP contribution is -2.45. The number of piperazine rings is 1. The van der Waals surface area contributed by atoms with Gasteiger partial charge in [-0.3, -0.25) is 4.79 Å². The van der Waals surface area contributed by atoms with Crippen LogP contribution < -0.4 is 4.90 Å². The maximum atomic E-state index is 14.7. The zero-order valence-corrected chi connectivity index (χ0v) is 16.2. The Hall–Kier alpha value is -1.45. The molecule has 132 valence electrons. The van der Waals surface area contributed by atoms with Crippen LogP contribution in [0.2, 0.25) is 5.02 Å². The van der Waals surface area contributed by atoms with E-state index < -0.39 is 11.8 Å². The smallest absolute Gasteiger partial charge is 0.303 e. The summed E-state index contributed by atoms with van der Waals surface area (Å²) in [5, 5.41) is 0.804. The Morgan fingerprint density at radius 2 is 2.08 bits per heavy atom. The Balaban J connectivity index is 2.12. The van der Waals surface area contributed by atoms with E-state index in [1.54, 1.807) is 6.07 Å². The lowest BCUT2D eigenvalue weighted by Gasteiger charge is -2.34. The van der Waals surface area contributed by atoms with Crippen molar-refractivity contribution in [2.45, 2.75) is 13.5 Å². The fourth-order valence-corrected chi connectivity index (χ4v) is 3.19. The lowest BCUT2D eigenvalue weighted by molar-refractivity contribution is -0.142. The summed E-state index contributed by atoms with van der Waals surface area (Å²) >= 11 is 9.27. The highest BCUT2D eigenvalue weighted by atomic mass is 79.9. The molecule has 0 spiro atoms. The summed E-state index contributed by atoms with van der Waals surface area (Å²) in [6.45, 7) is 4.45. The van der Waals surface area contributed by atoms with Crippen molar-refractivity contribution in [2.24, 2.45) is 0 Å². The first-order valence-corrected chi connectivity index (χ1v) is 8.95. The SMILES string of the molecule is BN1CCN(c2nc(COC(C)=O)nc3c(F)c(Br)c(Cl)cc23)CC1. The number of hydrogen-bond donors (Lipinski definition) is 0. The number of carbonyl (C=O) groups is 1. The van der Waals surface area contributed by atoms with Gasteiger partial charge in [0.2, 0.25) is 0 Å². The molecule has 10 heteroatoms. The second kappa shape index (κ2) is 7.43. The van der Waals surface area contributed by atoms with E-state index in [1.807, 2.05) is 0 Å². The van der Waals surface area contributed by atoms with E-state index in [2.05, 4.69) is 43.6 Å². The number of ether oxygens (including phenoxy) is 1. The zero-order chi connectivity index (χ0) is 18.1. The fraction of sp³-hybridized carbons (Fsp3) is 0.400. The van der Waals surface area contributed by atoms with Crippen molar-refractivity contribution < 1.29 is 13.9 Å². The highest BCUT2D eigenvalue weighted by Gasteiger charge is 2.22. The van der Waals surface area contributed by atoms with Gasteiger partial charge in [0.05, 0.1) is 9.50 Å². The van der Waals surface area contributed by atoms with Gasteiger partial charge in [-0.2, -0.15) is 0 Å². The number of hydrogen-bond acceptors (Lipinski definition) is 6. The number of esters is 1. The van der Waals surface area contributed by atoms with E-state index in [4.69, 9.17) is 16.3 Å². The van der Waals surface area contributed by atoms with Gasteiger partial charge in [0.15, 0.2) is 26.2 Å². The van der Waals surface area contributed by atoms with E-state index in [0.717, 1.165) is 26.2 Å². The van der Waals surface area contributed by atoms with Crippen LogP contribution in [0.5, 0.6) is 0 Å². The van der Waals surface area contributed by atoms with Crippen molar-refractivity contribution in [3.05, 3.63) is 27.2 Å². The molecule has 0 amide bonds. The Morgan fingerprint density at radius 1 is 1.40 bits per heavy atom. The van der Waals surface area contributed by atoms with E-state index in [-0.39, 0.29) is 27.4 Å². The second-order valence-electron chi connectivity index (χ2n) is 5.92. The molecular weight excluding hydrogens is 413 g/mol. The molecule has 2 heterocycles. The summed E-state index contributed by atoms with van der Waals surface area (Å²) in [6.07, 6.45) is 0. The predicted octanol–water partition coefficient (Wildman–Crippen LogP) is 1.92. The first kappa shape index (κ1) is 18.3. The van der Waals surface area contributed by atoms with Crippen molar-refractivity contribution in [3.8, 4) is 0 Å². The molecule has 1 fully saturated rings. The molecule has 1 aromatic heterocycles. The average Bonchev–Trinajstić information content (AvgIpc) is 2.58. The highest BCUT2D eigenvalue weighted by Crippen LogP contribution is 2.35. The van der Waals surface area contributed by atoms with Crippen LogP contribution in [0.4, 0.5) is 10.2 Å². The molecule has 1 aromatic carbocycles. The first-order valence-electron chi connectivity index (χ1n) is 7.77. The number of benzene rings is 1. The Labute approximate surface area is 158 Å². The van der Waals surface area contributed by atoms with Crippen LogP contribution in [0, 0.1) is 5.82 Å². The van der Waals surface area contributed by atoms with Crippen molar-refractivity contribution in [3.63, 3.8) is 0 Å². The van der Waals surface area contributed by atoms with Crippen LogP contribution in [-0.2, 0) is 16.1 Å². The molecule has 1 saturated heterocycles. The quantitative estimate of drug-likeness (QED) is 0.422. The molecule has 2 aromatic rings. The summed E-state index contributed by atoms with van der Waals surface area (Å²) in [4.78, 5) is 24.1. The van der Waals surface area contributed by atoms with Gasteiger partial charge in [0, 0.05) is 38.5 Å². The monoisotopic (exact) mass is 428 g/mol. The summed E-state index contributed by atoms with van der Waals surface area (Å²) in [6, 6.07) is 1.66. The minimum Gasteiger partial charge on any atom is -0.458 e. The maximum absolute atomic E-state index is 14.7. The molecule has 25 heavy (non-hydrogen) atoms. The predicted molar refractivity (Wildman–Crippen MR) is 100 cm³/mol. The second-order valence-corrected chi connectivity index (χ2v) is 7.12. The fourth-order valence-electron chi connectivity index (χ4n) is 2.69. The van der Waals surface area contributed by atoms with Gasteiger partial charge < -0.3 is 14.4 Å². The van der Waals surface area contributed by atoms with Gasteiger partial charge in [-0.05, 0) is 22.0 Å². The summed E-state index contributed by atoms with van der Waals surface area (Å²) in [7, 11) is 2.05. The number of aromatic nitrogens is 2. The van der Waals surface area contributed by atoms with E-state index in [0.29, 0.717) is 11.2 Å². The molecule has 0 aliphatic carbocycles. The summed E-state index contributed by atoms with van der Waals surface area (Å²) in [5.74, 6) is -0.134. The number of fused-ring (bicyclic) bond motifs is 1. The van der Waals surface area contributed by atoms with Gasteiger partial charge >= 0.3 is 5.97 Å². The first-order chi connectivity index (χ1) is 11.9. The Bertz CT molecular complexity index is 833. The number of anilines is 1. The lowest BCUT2D eigenvalue weighted by atomic mass is 10.1. The zero-order valence-electron chi connectivity index (χ0n) is 13.9. The van der Waals surface area contributed by atoms with Crippen LogP contribution in [0.15, 0.2) is 10.5 Å². The maximum Gasteiger partial charge on any atom is 0.303 e. The number of nitrogens with zero attached hydrogens (tertiary/aromatic N) is 4. The molecule has 1 aliphatic rings.